The van der Waals surface area contributed by atoms with E-state index in [1.54, 1.807) is 24.3 Å². The molecular formula is C22H24N4O4. The third-order valence-corrected chi connectivity index (χ3v) is 6.10. The van der Waals surface area contributed by atoms with Gasteiger partial charge in [0.25, 0.3) is 23.3 Å². The highest BCUT2D eigenvalue weighted by Crippen LogP contribution is 2.28. The van der Waals surface area contributed by atoms with Gasteiger partial charge in [-0.15, -0.1) is 0 Å². The molecule has 156 valence electrons. The molecule has 3 amide bonds. The number of rotatable bonds is 4. The lowest BCUT2D eigenvalue weighted by atomic mass is 9.84. The molecule has 1 saturated carbocycles. The topological polar surface area (TPSA) is 123 Å². The number of nitrogens with zero attached hydrogens (tertiary/aromatic N) is 1. The number of nitrogen functional groups attached to an aromatic ring is 1. The molecule has 4 rings (SSSR count). The number of nitrogens with one attached hydrogen (secondary N) is 2. The van der Waals surface area contributed by atoms with E-state index in [9.17, 15) is 19.2 Å². The maximum atomic E-state index is 13.0. The van der Waals surface area contributed by atoms with Crippen molar-refractivity contribution in [1.29, 1.82) is 0 Å². The first-order valence-corrected chi connectivity index (χ1v) is 10.2. The Balaban J connectivity index is 1.69. The van der Waals surface area contributed by atoms with Crippen LogP contribution in [0.5, 0.6) is 0 Å². The van der Waals surface area contributed by atoms with Gasteiger partial charge in [0.15, 0.2) is 0 Å². The smallest absolute Gasteiger partial charge is 0.262 e. The summed E-state index contributed by atoms with van der Waals surface area (Å²) in [4.78, 5) is 49.8. The summed E-state index contributed by atoms with van der Waals surface area (Å²) in [7, 11) is 0. The molecular weight excluding hydrogens is 384 g/mol. The second-order valence-electron chi connectivity index (χ2n) is 7.89. The van der Waals surface area contributed by atoms with E-state index in [4.69, 9.17) is 5.73 Å². The number of amides is 3. The van der Waals surface area contributed by atoms with Crippen molar-refractivity contribution in [2.45, 2.75) is 45.1 Å². The Labute approximate surface area is 173 Å². The van der Waals surface area contributed by atoms with Gasteiger partial charge in [0, 0.05) is 12.1 Å². The van der Waals surface area contributed by atoms with E-state index in [2.05, 4.69) is 17.6 Å². The number of imide groups is 1. The molecule has 1 aromatic carbocycles. The Morgan fingerprint density at radius 2 is 1.83 bits per heavy atom. The standard InChI is InChI=1S/C22H24N4O4/c1-2-12-7-9-13(10-8-12)24-20(28)14-5-3-4-6-16(14)26-17(27)11-15-18(19(26)23)22(30)25-21(15)29/h3-6,11-13H,2,7-10,23H2,1H3,(H,24,28)(H,25,29,30). The first kappa shape index (κ1) is 19.9. The summed E-state index contributed by atoms with van der Waals surface area (Å²) in [5.74, 6) is -1.05. The van der Waals surface area contributed by atoms with Crippen LogP contribution >= 0.6 is 0 Å². The number of anilines is 1. The van der Waals surface area contributed by atoms with Crippen LogP contribution in [0.1, 0.15) is 70.1 Å². The quantitative estimate of drug-likeness (QED) is 0.668. The molecule has 0 bridgehead atoms. The molecule has 0 saturated heterocycles. The lowest BCUT2D eigenvalue weighted by Gasteiger charge is -2.28. The molecule has 8 nitrogen and oxygen atoms in total. The van der Waals surface area contributed by atoms with E-state index >= 15 is 0 Å². The lowest BCUT2D eigenvalue weighted by molar-refractivity contribution is 0.0877. The summed E-state index contributed by atoms with van der Waals surface area (Å²) >= 11 is 0. The SMILES string of the molecule is CCC1CCC(NC(=O)c2ccccc2-n2c(N)c3c(cc2=O)C(=O)NC3=O)CC1. The largest absolute Gasteiger partial charge is 0.384 e. The van der Waals surface area contributed by atoms with Gasteiger partial charge in [-0.2, -0.15) is 0 Å². The minimum absolute atomic E-state index is 0.0478. The van der Waals surface area contributed by atoms with E-state index < -0.39 is 17.4 Å². The normalized spacial score (nSPS) is 20.6. The van der Waals surface area contributed by atoms with Gasteiger partial charge in [-0.1, -0.05) is 25.5 Å². The van der Waals surface area contributed by atoms with Crippen LogP contribution in [0.4, 0.5) is 5.82 Å². The highest BCUT2D eigenvalue weighted by Gasteiger charge is 2.32. The van der Waals surface area contributed by atoms with E-state index in [0.717, 1.165) is 42.7 Å². The van der Waals surface area contributed by atoms with Crippen LogP contribution in [0, 0.1) is 5.92 Å². The second-order valence-corrected chi connectivity index (χ2v) is 7.89. The molecule has 1 aliphatic carbocycles. The molecule has 0 atom stereocenters. The summed E-state index contributed by atoms with van der Waals surface area (Å²) < 4.78 is 1.11. The molecule has 30 heavy (non-hydrogen) atoms. The van der Waals surface area contributed by atoms with E-state index in [1.807, 2.05) is 0 Å². The Morgan fingerprint density at radius 1 is 1.13 bits per heavy atom. The van der Waals surface area contributed by atoms with Crippen molar-refractivity contribution in [1.82, 2.24) is 15.2 Å². The Morgan fingerprint density at radius 3 is 2.53 bits per heavy atom. The van der Waals surface area contributed by atoms with Crippen molar-refractivity contribution in [3.63, 3.8) is 0 Å². The minimum Gasteiger partial charge on any atom is -0.384 e. The van der Waals surface area contributed by atoms with Gasteiger partial charge >= 0.3 is 0 Å². The lowest BCUT2D eigenvalue weighted by Crippen LogP contribution is -2.38. The van der Waals surface area contributed by atoms with Crippen LogP contribution in [-0.4, -0.2) is 28.3 Å². The predicted octanol–water partition coefficient (Wildman–Crippen LogP) is 2.00. The average molecular weight is 408 g/mol. The molecule has 1 aliphatic heterocycles. The van der Waals surface area contributed by atoms with E-state index in [0.29, 0.717) is 5.92 Å². The number of nitrogens with two attached hydrogens (primary N) is 1. The van der Waals surface area contributed by atoms with Gasteiger partial charge in [-0.05, 0) is 43.7 Å². The maximum absolute atomic E-state index is 13.0. The van der Waals surface area contributed by atoms with E-state index in [-0.39, 0.29) is 40.1 Å². The fourth-order valence-corrected chi connectivity index (χ4v) is 4.37. The Kier molecular flexibility index (Phi) is 5.15. The highest BCUT2D eigenvalue weighted by molar-refractivity contribution is 6.23. The van der Waals surface area contributed by atoms with Gasteiger partial charge in [0.05, 0.1) is 22.4 Å². The van der Waals surface area contributed by atoms with Crippen LogP contribution in [0.15, 0.2) is 35.1 Å². The fourth-order valence-electron chi connectivity index (χ4n) is 4.37. The number of benzene rings is 1. The minimum atomic E-state index is -0.657. The number of carbonyl (C=O) groups excluding carboxylic acids is 3. The summed E-state index contributed by atoms with van der Waals surface area (Å²) in [6.07, 6.45) is 5.18. The van der Waals surface area contributed by atoms with Crippen molar-refractivity contribution >= 4 is 23.5 Å². The number of fused-ring (bicyclic) bond motifs is 1. The predicted molar refractivity (Wildman–Crippen MR) is 112 cm³/mol. The summed E-state index contributed by atoms with van der Waals surface area (Å²) in [6.45, 7) is 2.19. The van der Waals surface area contributed by atoms with Crippen LogP contribution in [0.25, 0.3) is 5.69 Å². The molecule has 0 radical (unpaired) electrons. The third kappa shape index (κ3) is 3.38. The number of aromatic nitrogens is 1. The van der Waals surface area contributed by atoms with E-state index in [1.165, 1.54) is 0 Å². The molecule has 0 spiro atoms. The molecule has 1 aromatic heterocycles. The molecule has 2 aromatic rings. The first-order chi connectivity index (χ1) is 14.4. The molecule has 1 fully saturated rings. The highest BCUT2D eigenvalue weighted by atomic mass is 16.2. The van der Waals surface area contributed by atoms with Gasteiger partial charge in [0.1, 0.15) is 5.82 Å². The monoisotopic (exact) mass is 408 g/mol. The molecule has 8 heteroatoms. The summed E-state index contributed by atoms with van der Waals surface area (Å²) in [5, 5.41) is 5.21. The molecule has 0 unspecified atom stereocenters. The number of pyridine rings is 1. The zero-order valence-electron chi connectivity index (χ0n) is 16.7. The van der Waals surface area contributed by atoms with Crippen molar-refractivity contribution in [2.75, 3.05) is 5.73 Å². The maximum Gasteiger partial charge on any atom is 0.262 e. The first-order valence-electron chi connectivity index (χ1n) is 10.2. The Hall–Kier alpha value is -3.42. The average Bonchev–Trinajstić information content (AvgIpc) is 3.02. The molecule has 2 aliphatic rings. The Bertz CT molecular complexity index is 1100. The van der Waals surface area contributed by atoms with Crippen molar-refractivity contribution in [2.24, 2.45) is 5.92 Å². The van der Waals surface area contributed by atoms with Crippen molar-refractivity contribution in [3.05, 3.63) is 57.4 Å². The van der Waals surface area contributed by atoms with Crippen LogP contribution in [0.2, 0.25) is 0 Å². The van der Waals surface area contributed by atoms with Crippen LogP contribution in [-0.2, 0) is 0 Å². The van der Waals surface area contributed by atoms with Crippen LogP contribution in [0.3, 0.4) is 0 Å². The van der Waals surface area contributed by atoms with Gasteiger partial charge in [0.2, 0.25) is 0 Å². The second kappa shape index (κ2) is 7.78. The van der Waals surface area contributed by atoms with Crippen molar-refractivity contribution in [3.8, 4) is 5.69 Å². The molecule has 4 N–H and O–H groups in total. The third-order valence-electron chi connectivity index (χ3n) is 6.10. The zero-order valence-corrected chi connectivity index (χ0v) is 16.7. The van der Waals surface area contributed by atoms with Gasteiger partial charge in [-0.25, -0.2) is 0 Å². The zero-order chi connectivity index (χ0) is 21.4. The number of carbonyl (C=O) groups is 3. The van der Waals surface area contributed by atoms with Gasteiger partial charge in [-0.3, -0.25) is 29.1 Å². The van der Waals surface area contributed by atoms with Crippen LogP contribution < -0.4 is 21.9 Å². The summed E-state index contributed by atoms with van der Waals surface area (Å²) in [6, 6.07) is 7.77. The number of para-hydroxylation sites is 1. The van der Waals surface area contributed by atoms with Gasteiger partial charge < -0.3 is 11.1 Å². The van der Waals surface area contributed by atoms with Crippen molar-refractivity contribution < 1.29 is 14.4 Å². The number of hydrogen-bond acceptors (Lipinski definition) is 5. The summed E-state index contributed by atoms with van der Waals surface area (Å²) in [5.41, 5.74) is 6.00. The number of hydrogen-bond donors (Lipinski definition) is 3. The fraction of sp³-hybridized carbons (Fsp3) is 0.364. The molecule has 2 heterocycles.